The van der Waals surface area contributed by atoms with Gasteiger partial charge in [-0.25, -0.2) is 0 Å². The molecule has 0 atom stereocenters. The zero-order valence-electron chi connectivity index (χ0n) is 5.45. The lowest BCUT2D eigenvalue weighted by atomic mass is 9.96. The summed E-state index contributed by atoms with van der Waals surface area (Å²) in [6.07, 6.45) is 0. The van der Waals surface area contributed by atoms with Crippen LogP contribution in [0.25, 0.3) is 0 Å². The highest BCUT2D eigenvalue weighted by atomic mass is 19.1. The molecule has 0 N–H and O–H groups in total. The fraction of sp³-hybridized carbons (Fsp3) is 0. The van der Waals surface area contributed by atoms with Gasteiger partial charge in [-0.2, -0.15) is 4.39 Å². The first-order valence-electron chi connectivity index (χ1n) is 2.80. The number of benzene rings is 1. The molecule has 0 aliphatic heterocycles. The summed E-state index contributed by atoms with van der Waals surface area (Å²) >= 11 is 0. The molecule has 11 heavy (non-hydrogen) atoms. The molecule has 1 rings (SSSR count). The van der Waals surface area contributed by atoms with Crippen molar-refractivity contribution in [3.63, 3.8) is 0 Å². The van der Waals surface area contributed by atoms with Crippen molar-refractivity contribution in [2.24, 2.45) is 0 Å². The van der Waals surface area contributed by atoms with Gasteiger partial charge < -0.3 is 0 Å². The summed E-state index contributed by atoms with van der Waals surface area (Å²) in [6.45, 7) is 0. The van der Waals surface area contributed by atoms with Crippen LogP contribution in [0.15, 0.2) is 18.2 Å². The van der Waals surface area contributed by atoms with Gasteiger partial charge in [0.2, 0.25) is 0 Å². The number of nitrogens with zero attached hydrogens (tertiary/aromatic N) is 1. The van der Waals surface area contributed by atoms with Crippen LogP contribution in [0.4, 0.5) is 10.1 Å². The van der Waals surface area contributed by atoms with Crippen LogP contribution < -0.4 is 5.46 Å². The lowest BCUT2D eigenvalue weighted by Gasteiger charge is -1.94. The van der Waals surface area contributed by atoms with Crippen LogP contribution in [-0.2, 0) is 0 Å². The van der Waals surface area contributed by atoms with Crippen LogP contribution in [0.5, 0.6) is 0 Å². The Bertz CT molecular complexity index is 303. The third-order valence-electron chi connectivity index (χ3n) is 1.17. The summed E-state index contributed by atoms with van der Waals surface area (Å²) in [4.78, 5) is 9.27. The number of rotatable bonds is 1. The molecule has 1 aromatic rings. The second-order valence-corrected chi connectivity index (χ2v) is 1.97. The van der Waals surface area contributed by atoms with Gasteiger partial charge in [-0.05, 0) is 6.07 Å². The summed E-state index contributed by atoms with van der Waals surface area (Å²) in [6, 6.07) is 3.21. The number of nitro benzene ring substituents is 1. The minimum Gasteiger partial charge on any atom is -0.258 e. The minimum absolute atomic E-state index is 0.179. The van der Waals surface area contributed by atoms with E-state index >= 15 is 0 Å². The van der Waals surface area contributed by atoms with Crippen molar-refractivity contribution in [3.8, 4) is 0 Å². The molecule has 2 radical (unpaired) electrons. The Morgan fingerprint density at radius 3 is 2.64 bits per heavy atom. The lowest BCUT2D eigenvalue weighted by molar-refractivity contribution is -0.387. The van der Waals surface area contributed by atoms with E-state index in [-0.39, 0.29) is 5.46 Å². The van der Waals surface area contributed by atoms with Crippen molar-refractivity contribution in [1.29, 1.82) is 0 Å². The van der Waals surface area contributed by atoms with Crippen LogP contribution in [0.2, 0.25) is 0 Å². The fourth-order valence-corrected chi connectivity index (χ4v) is 0.670. The van der Waals surface area contributed by atoms with Gasteiger partial charge in [0.25, 0.3) is 0 Å². The number of halogens is 1. The Morgan fingerprint density at radius 1 is 1.55 bits per heavy atom. The Labute approximate surface area is 63.4 Å². The van der Waals surface area contributed by atoms with Crippen LogP contribution in [0, 0.1) is 15.9 Å². The highest BCUT2D eigenvalue weighted by Gasteiger charge is 2.11. The predicted molar refractivity (Wildman–Crippen MR) is 38.4 cm³/mol. The molecule has 0 saturated heterocycles. The van der Waals surface area contributed by atoms with Gasteiger partial charge in [-0.1, -0.05) is 11.5 Å². The summed E-state index contributed by atoms with van der Waals surface area (Å²) in [7, 11) is 5.19. The monoisotopic (exact) mass is 151 g/mol. The largest absolute Gasteiger partial charge is 0.304 e. The van der Waals surface area contributed by atoms with Crippen LogP contribution >= 0.6 is 0 Å². The average Bonchev–Trinajstić information content (AvgIpc) is 1.94. The SMILES string of the molecule is [B]c1ccc(F)c([N+](=O)[O-])c1. The Morgan fingerprint density at radius 2 is 2.18 bits per heavy atom. The molecular formula is C6H3BFNO2. The van der Waals surface area contributed by atoms with Crippen molar-refractivity contribution in [2.75, 3.05) is 0 Å². The van der Waals surface area contributed by atoms with Crippen molar-refractivity contribution in [2.45, 2.75) is 0 Å². The number of nitro groups is 1. The van der Waals surface area contributed by atoms with Crippen LogP contribution in [-0.4, -0.2) is 12.8 Å². The molecule has 54 valence electrons. The standard InChI is InChI=1S/C6H3BFNO2/c7-4-1-2-5(8)6(3-4)9(10)11/h1-3H. The van der Waals surface area contributed by atoms with Gasteiger partial charge >= 0.3 is 5.69 Å². The smallest absolute Gasteiger partial charge is 0.258 e. The van der Waals surface area contributed by atoms with Crippen LogP contribution in [0.1, 0.15) is 0 Å². The molecule has 0 aromatic heterocycles. The van der Waals surface area contributed by atoms with Crippen molar-refractivity contribution in [3.05, 3.63) is 34.1 Å². The molecule has 0 unspecified atom stereocenters. The van der Waals surface area contributed by atoms with Crippen molar-refractivity contribution < 1.29 is 9.31 Å². The lowest BCUT2D eigenvalue weighted by Crippen LogP contribution is -2.04. The Kier molecular flexibility index (Phi) is 1.89. The summed E-state index contributed by atoms with van der Waals surface area (Å²) in [5.41, 5.74) is -0.414. The zero-order chi connectivity index (χ0) is 8.43. The quantitative estimate of drug-likeness (QED) is 0.333. The van der Waals surface area contributed by atoms with E-state index in [4.69, 9.17) is 7.85 Å². The van der Waals surface area contributed by atoms with Crippen molar-refractivity contribution >= 4 is 19.0 Å². The molecule has 3 nitrogen and oxygen atoms in total. The molecular weight excluding hydrogens is 148 g/mol. The van der Waals surface area contributed by atoms with Crippen molar-refractivity contribution in [1.82, 2.24) is 0 Å². The van der Waals surface area contributed by atoms with E-state index in [1.54, 1.807) is 0 Å². The number of hydrogen-bond donors (Lipinski definition) is 0. The maximum absolute atomic E-state index is 12.5. The molecule has 0 saturated carbocycles. The normalized spacial score (nSPS) is 9.55. The van der Waals surface area contributed by atoms with Gasteiger partial charge in [0.1, 0.15) is 7.85 Å². The molecule has 0 fully saturated rings. The molecule has 1 aromatic carbocycles. The Balaban J connectivity index is 3.23. The highest BCUT2D eigenvalue weighted by molar-refractivity contribution is 6.32. The van der Waals surface area contributed by atoms with Gasteiger partial charge in [0.15, 0.2) is 5.82 Å². The predicted octanol–water partition coefficient (Wildman–Crippen LogP) is 0.528. The van der Waals surface area contributed by atoms with E-state index in [0.29, 0.717) is 0 Å². The molecule has 5 heteroatoms. The second-order valence-electron chi connectivity index (χ2n) is 1.97. The maximum Gasteiger partial charge on any atom is 0.304 e. The summed E-state index contributed by atoms with van der Waals surface area (Å²) < 4.78 is 12.5. The number of hydrogen-bond acceptors (Lipinski definition) is 2. The fourth-order valence-electron chi connectivity index (χ4n) is 0.670. The third-order valence-corrected chi connectivity index (χ3v) is 1.17. The summed E-state index contributed by atoms with van der Waals surface area (Å²) in [5, 5.41) is 10.1. The van der Waals surface area contributed by atoms with Gasteiger partial charge in [0, 0.05) is 6.07 Å². The average molecular weight is 151 g/mol. The van der Waals surface area contributed by atoms with Gasteiger partial charge in [0.05, 0.1) is 4.92 Å². The molecule has 0 aliphatic rings. The topological polar surface area (TPSA) is 43.1 Å². The molecule has 0 aliphatic carbocycles. The van der Waals surface area contributed by atoms with Crippen LogP contribution in [0.3, 0.4) is 0 Å². The molecule has 0 bridgehead atoms. The van der Waals surface area contributed by atoms with Gasteiger partial charge in [-0.15, -0.1) is 0 Å². The first kappa shape index (κ1) is 7.72. The van der Waals surface area contributed by atoms with E-state index in [1.165, 1.54) is 6.07 Å². The van der Waals surface area contributed by atoms with E-state index < -0.39 is 16.4 Å². The first-order chi connectivity index (χ1) is 5.11. The molecule has 0 spiro atoms. The zero-order valence-corrected chi connectivity index (χ0v) is 5.45. The minimum atomic E-state index is -0.871. The van der Waals surface area contributed by atoms with E-state index in [2.05, 4.69) is 0 Å². The molecule has 0 amide bonds. The maximum atomic E-state index is 12.5. The van der Waals surface area contributed by atoms with E-state index in [9.17, 15) is 14.5 Å². The second kappa shape index (κ2) is 2.69. The van der Waals surface area contributed by atoms with E-state index in [0.717, 1.165) is 12.1 Å². The molecule has 0 heterocycles. The first-order valence-corrected chi connectivity index (χ1v) is 2.80. The Hall–Kier alpha value is -1.39. The van der Waals surface area contributed by atoms with Gasteiger partial charge in [-0.3, -0.25) is 10.1 Å². The third kappa shape index (κ3) is 1.55. The summed E-state index contributed by atoms with van der Waals surface area (Å²) in [5.74, 6) is -0.871. The highest BCUT2D eigenvalue weighted by Crippen LogP contribution is 2.12. The van der Waals surface area contributed by atoms with E-state index in [1.807, 2.05) is 0 Å².